The summed E-state index contributed by atoms with van der Waals surface area (Å²) < 4.78 is 2.06. The lowest BCUT2D eigenvalue weighted by atomic mass is 10.1. The Labute approximate surface area is 158 Å². The summed E-state index contributed by atoms with van der Waals surface area (Å²) in [5.41, 5.74) is 5.04. The Balaban J connectivity index is 1.36. The van der Waals surface area contributed by atoms with E-state index in [0.29, 0.717) is 12.8 Å². The fourth-order valence-corrected chi connectivity index (χ4v) is 3.32. The van der Waals surface area contributed by atoms with Gasteiger partial charge in [-0.2, -0.15) is 5.10 Å². The van der Waals surface area contributed by atoms with Gasteiger partial charge in [-0.3, -0.25) is 14.5 Å². The molecular weight excluding hydrogens is 338 g/mol. The molecule has 0 bridgehead atoms. The Morgan fingerprint density at radius 1 is 1.19 bits per heavy atom. The molecule has 1 amide bonds. The van der Waals surface area contributed by atoms with Crippen LogP contribution in [0.15, 0.2) is 54.9 Å². The van der Waals surface area contributed by atoms with Crippen LogP contribution < -0.4 is 10.6 Å². The van der Waals surface area contributed by atoms with E-state index in [9.17, 15) is 4.79 Å². The van der Waals surface area contributed by atoms with Gasteiger partial charge in [-0.25, -0.2) is 0 Å². The highest BCUT2D eigenvalue weighted by Crippen LogP contribution is 2.21. The molecule has 4 rings (SSSR count). The fraction of sp³-hybridized carbons (Fsp3) is 0.286. The van der Waals surface area contributed by atoms with Crippen molar-refractivity contribution in [1.29, 1.82) is 0 Å². The number of rotatable bonds is 5. The second-order valence-corrected chi connectivity index (χ2v) is 6.75. The number of aromatic nitrogens is 3. The molecule has 2 N–H and O–H groups in total. The molecule has 0 fully saturated rings. The van der Waals surface area contributed by atoms with Crippen molar-refractivity contribution in [2.75, 3.05) is 11.9 Å². The third kappa shape index (κ3) is 4.41. The highest BCUT2D eigenvalue weighted by Gasteiger charge is 2.12. The second-order valence-electron chi connectivity index (χ2n) is 6.75. The van der Waals surface area contributed by atoms with Crippen LogP contribution in [0.5, 0.6) is 0 Å². The van der Waals surface area contributed by atoms with Crippen LogP contribution in [0.2, 0.25) is 0 Å². The van der Waals surface area contributed by atoms with E-state index in [1.165, 1.54) is 5.69 Å². The van der Waals surface area contributed by atoms with Crippen molar-refractivity contribution in [2.24, 2.45) is 0 Å². The first-order chi connectivity index (χ1) is 13.3. The molecule has 3 aromatic rings. The normalized spacial score (nSPS) is 13.6. The number of carbonyl (C=O) groups excluding carboxylic acids is 1. The number of nitrogens with zero attached hydrogens (tertiary/aromatic N) is 3. The summed E-state index contributed by atoms with van der Waals surface area (Å²) in [6.45, 7) is 2.81. The standard InChI is InChI=1S/C21H23N5O/c27-21(8-7-19-13-20-15-23-10-3-11-26(20)25-19)24-18-6-1-4-16(12-18)17-5-2-9-22-14-17/h1-2,4-6,9,12-14,23H,3,7-8,10-11,15H2,(H,24,27). The molecule has 1 aliphatic rings. The van der Waals surface area contributed by atoms with E-state index >= 15 is 0 Å². The minimum absolute atomic E-state index is 0.000319. The Hall–Kier alpha value is -2.99. The lowest BCUT2D eigenvalue weighted by Gasteiger charge is -2.07. The first kappa shape index (κ1) is 17.4. The zero-order valence-electron chi connectivity index (χ0n) is 15.2. The van der Waals surface area contributed by atoms with Crippen molar-refractivity contribution in [3.05, 3.63) is 66.2 Å². The van der Waals surface area contributed by atoms with Crippen LogP contribution in [0.1, 0.15) is 24.2 Å². The van der Waals surface area contributed by atoms with Gasteiger partial charge in [0, 0.05) is 49.6 Å². The van der Waals surface area contributed by atoms with Crippen molar-refractivity contribution in [1.82, 2.24) is 20.1 Å². The number of anilines is 1. The average molecular weight is 361 g/mol. The molecule has 0 unspecified atom stereocenters. The van der Waals surface area contributed by atoms with E-state index < -0.39 is 0 Å². The first-order valence-corrected chi connectivity index (χ1v) is 9.34. The number of hydrogen-bond acceptors (Lipinski definition) is 4. The maximum absolute atomic E-state index is 12.4. The van der Waals surface area contributed by atoms with Gasteiger partial charge in [-0.05, 0) is 42.8 Å². The Morgan fingerprint density at radius 2 is 2.11 bits per heavy atom. The summed E-state index contributed by atoms with van der Waals surface area (Å²) in [6.07, 6.45) is 5.72. The van der Waals surface area contributed by atoms with Crippen LogP contribution in [-0.4, -0.2) is 27.2 Å². The largest absolute Gasteiger partial charge is 0.326 e. The van der Waals surface area contributed by atoms with Crippen LogP contribution in [-0.2, 0) is 24.3 Å². The predicted octanol–water partition coefficient (Wildman–Crippen LogP) is 3.01. The molecule has 27 heavy (non-hydrogen) atoms. The van der Waals surface area contributed by atoms with Crippen molar-refractivity contribution < 1.29 is 4.79 Å². The van der Waals surface area contributed by atoms with Crippen LogP contribution in [0.4, 0.5) is 5.69 Å². The Bertz CT molecular complexity index is 896. The molecule has 1 aromatic carbocycles. The first-order valence-electron chi connectivity index (χ1n) is 9.34. The molecule has 6 heteroatoms. The molecule has 6 nitrogen and oxygen atoms in total. The van der Waals surface area contributed by atoms with Gasteiger partial charge in [0.05, 0.1) is 11.4 Å². The molecule has 0 spiro atoms. The number of carbonyl (C=O) groups is 1. The fourth-order valence-electron chi connectivity index (χ4n) is 3.32. The smallest absolute Gasteiger partial charge is 0.224 e. The van der Waals surface area contributed by atoms with E-state index in [1.54, 1.807) is 6.20 Å². The number of hydrogen-bond donors (Lipinski definition) is 2. The number of aryl methyl sites for hydroxylation is 2. The topological polar surface area (TPSA) is 71.8 Å². The SMILES string of the molecule is O=C(CCc1cc2n(n1)CCCNC2)Nc1cccc(-c2cccnc2)c1. The lowest BCUT2D eigenvalue weighted by molar-refractivity contribution is -0.116. The van der Waals surface area contributed by atoms with E-state index in [0.717, 1.165) is 48.6 Å². The van der Waals surface area contributed by atoms with Crippen LogP contribution >= 0.6 is 0 Å². The highest BCUT2D eigenvalue weighted by atomic mass is 16.1. The second kappa shape index (κ2) is 8.14. The zero-order chi connectivity index (χ0) is 18.5. The molecule has 1 aliphatic heterocycles. The molecule has 0 saturated carbocycles. The molecule has 3 heterocycles. The quantitative estimate of drug-likeness (QED) is 0.733. The average Bonchev–Trinajstić information content (AvgIpc) is 2.96. The molecule has 0 aliphatic carbocycles. The van der Waals surface area contributed by atoms with Gasteiger partial charge in [0.2, 0.25) is 5.91 Å². The van der Waals surface area contributed by atoms with Crippen LogP contribution in [0, 0.1) is 0 Å². The monoisotopic (exact) mass is 361 g/mol. The third-order valence-corrected chi connectivity index (χ3v) is 4.69. The molecule has 0 radical (unpaired) electrons. The minimum Gasteiger partial charge on any atom is -0.326 e. The minimum atomic E-state index is -0.000319. The van der Waals surface area contributed by atoms with Gasteiger partial charge in [0.1, 0.15) is 0 Å². The van der Waals surface area contributed by atoms with Crippen LogP contribution in [0.3, 0.4) is 0 Å². The highest BCUT2D eigenvalue weighted by molar-refractivity contribution is 5.91. The van der Waals surface area contributed by atoms with Gasteiger partial charge in [-0.1, -0.05) is 18.2 Å². The number of nitrogens with one attached hydrogen (secondary N) is 2. The van der Waals surface area contributed by atoms with Gasteiger partial charge in [0.15, 0.2) is 0 Å². The van der Waals surface area contributed by atoms with E-state index in [-0.39, 0.29) is 5.91 Å². The molecule has 2 aromatic heterocycles. The maximum Gasteiger partial charge on any atom is 0.224 e. The lowest BCUT2D eigenvalue weighted by Crippen LogP contribution is -2.13. The Kier molecular flexibility index (Phi) is 5.25. The third-order valence-electron chi connectivity index (χ3n) is 4.69. The summed E-state index contributed by atoms with van der Waals surface area (Å²) in [5.74, 6) is -0.000319. The van der Waals surface area contributed by atoms with Crippen molar-refractivity contribution >= 4 is 11.6 Å². The van der Waals surface area contributed by atoms with E-state index in [2.05, 4.69) is 31.5 Å². The van der Waals surface area contributed by atoms with Crippen molar-refractivity contribution in [2.45, 2.75) is 32.4 Å². The van der Waals surface area contributed by atoms with Gasteiger partial charge in [-0.15, -0.1) is 0 Å². The Morgan fingerprint density at radius 3 is 3.00 bits per heavy atom. The van der Waals surface area contributed by atoms with Gasteiger partial charge >= 0.3 is 0 Å². The summed E-state index contributed by atoms with van der Waals surface area (Å²) in [7, 11) is 0. The number of benzene rings is 1. The molecule has 0 saturated heterocycles. The van der Waals surface area contributed by atoms with E-state index in [4.69, 9.17) is 0 Å². The predicted molar refractivity (Wildman–Crippen MR) is 105 cm³/mol. The van der Waals surface area contributed by atoms with Gasteiger partial charge in [0.25, 0.3) is 0 Å². The summed E-state index contributed by atoms with van der Waals surface area (Å²) in [5, 5.41) is 11.0. The maximum atomic E-state index is 12.4. The summed E-state index contributed by atoms with van der Waals surface area (Å²) in [6, 6.07) is 13.8. The van der Waals surface area contributed by atoms with Gasteiger partial charge < -0.3 is 10.6 Å². The molecule has 0 atom stereocenters. The van der Waals surface area contributed by atoms with Crippen molar-refractivity contribution in [3.63, 3.8) is 0 Å². The van der Waals surface area contributed by atoms with Crippen LogP contribution in [0.25, 0.3) is 11.1 Å². The number of pyridine rings is 1. The molecular formula is C21H23N5O. The number of amides is 1. The van der Waals surface area contributed by atoms with E-state index in [1.807, 2.05) is 42.6 Å². The van der Waals surface area contributed by atoms with Crippen molar-refractivity contribution in [3.8, 4) is 11.1 Å². The summed E-state index contributed by atoms with van der Waals surface area (Å²) in [4.78, 5) is 16.5. The zero-order valence-corrected chi connectivity index (χ0v) is 15.2. The molecule has 138 valence electrons. The summed E-state index contributed by atoms with van der Waals surface area (Å²) >= 11 is 0. The number of fused-ring (bicyclic) bond motifs is 1.